The fraction of sp³-hybridized carbons (Fsp3) is 0.538. The number of benzene rings is 1. The Morgan fingerprint density at radius 2 is 2.00 bits per heavy atom. The number of rotatable bonds is 4. The first-order valence-corrected chi connectivity index (χ1v) is 6.51. The Morgan fingerprint density at radius 1 is 1.32 bits per heavy atom. The summed E-state index contributed by atoms with van der Waals surface area (Å²) in [5.41, 5.74) is 1.30. The van der Waals surface area contributed by atoms with Crippen molar-refractivity contribution < 1.29 is 10.0 Å². The molecule has 1 N–H and O–H groups in total. The van der Waals surface area contributed by atoms with Crippen molar-refractivity contribution in [3.8, 4) is 0 Å². The van der Waals surface area contributed by atoms with E-state index in [0.29, 0.717) is 11.3 Å². The highest BCUT2D eigenvalue weighted by Gasteiger charge is 2.23. The van der Waals surface area contributed by atoms with E-state index in [1.807, 2.05) is 4.90 Å². The standard InChI is InChI=1S/C13H19N3O3/c1-2-14-5-7-15(8-6-14)12-4-3-11(10-17)9-13(12)16(18)19/h3-4,9,17H,2,5-8,10H2,1H3. The number of nitrogens with zero attached hydrogens (tertiary/aromatic N) is 3. The molecule has 0 atom stereocenters. The van der Waals surface area contributed by atoms with E-state index in [9.17, 15) is 10.1 Å². The van der Waals surface area contributed by atoms with E-state index in [2.05, 4.69) is 11.8 Å². The number of aliphatic hydroxyl groups excluding tert-OH is 1. The maximum Gasteiger partial charge on any atom is 0.292 e. The Hall–Kier alpha value is -1.66. The van der Waals surface area contributed by atoms with E-state index >= 15 is 0 Å². The predicted molar refractivity (Wildman–Crippen MR) is 73.3 cm³/mol. The van der Waals surface area contributed by atoms with E-state index in [1.54, 1.807) is 12.1 Å². The van der Waals surface area contributed by atoms with Gasteiger partial charge in [0.05, 0.1) is 11.5 Å². The minimum atomic E-state index is -0.374. The van der Waals surface area contributed by atoms with Crippen LogP contribution < -0.4 is 4.90 Å². The van der Waals surface area contributed by atoms with E-state index in [4.69, 9.17) is 5.11 Å². The topological polar surface area (TPSA) is 69.8 Å². The fourth-order valence-corrected chi connectivity index (χ4v) is 2.39. The Labute approximate surface area is 112 Å². The molecule has 6 heteroatoms. The number of hydrogen-bond acceptors (Lipinski definition) is 5. The molecule has 0 aliphatic carbocycles. The lowest BCUT2D eigenvalue weighted by Crippen LogP contribution is -2.46. The summed E-state index contributed by atoms with van der Waals surface area (Å²) in [7, 11) is 0. The molecule has 1 heterocycles. The molecule has 0 saturated carbocycles. The lowest BCUT2D eigenvalue weighted by Gasteiger charge is -2.35. The van der Waals surface area contributed by atoms with Crippen molar-refractivity contribution in [3.05, 3.63) is 33.9 Å². The number of piperazine rings is 1. The normalized spacial score (nSPS) is 16.6. The van der Waals surface area contributed by atoms with Crippen molar-refractivity contribution in [2.75, 3.05) is 37.6 Å². The molecule has 2 rings (SSSR count). The second-order valence-electron chi connectivity index (χ2n) is 4.66. The largest absolute Gasteiger partial charge is 0.392 e. The monoisotopic (exact) mass is 265 g/mol. The van der Waals surface area contributed by atoms with E-state index in [-0.39, 0.29) is 17.2 Å². The highest BCUT2D eigenvalue weighted by Crippen LogP contribution is 2.30. The summed E-state index contributed by atoms with van der Waals surface area (Å²) in [6.07, 6.45) is 0. The van der Waals surface area contributed by atoms with Gasteiger partial charge in [0.1, 0.15) is 5.69 Å². The maximum atomic E-state index is 11.1. The second-order valence-corrected chi connectivity index (χ2v) is 4.66. The van der Waals surface area contributed by atoms with E-state index < -0.39 is 0 Å². The van der Waals surface area contributed by atoms with Gasteiger partial charge >= 0.3 is 0 Å². The molecule has 0 radical (unpaired) electrons. The summed E-state index contributed by atoms with van der Waals surface area (Å²) in [5.74, 6) is 0. The smallest absolute Gasteiger partial charge is 0.292 e. The molecular formula is C13H19N3O3. The van der Waals surface area contributed by atoms with E-state index in [0.717, 1.165) is 32.7 Å². The molecule has 6 nitrogen and oxygen atoms in total. The summed E-state index contributed by atoms with van der Waals surface area (Å²) >= 11 is 0. The first-order valence-electron chi connectivity index (χ1n) is 6.51. The molecule has 0 unspecified atom stereocenters. The van der Waals surface area contributed by atoms with Crippen LogP contribution >= 0.6 is 0 Å². The van der Waals surface area contributed by atoms with Crippen molar-refractivity contribution >= 4 is 11.4 Å². The van der Waals surface area contributed by atoms with Gasteiger partial charge in [0.2, 0.25) is 0 Å². The number of aliphatic hydroxyl groups is 1. The highest BCUT2D eigenvalue weighted by atomic mass is 16.6. The lowest BCUT2D eigenvalue weighted by molar-refractivity contribution is -0.384. The molecule has 0 spiro atoms. The third kappa shape index (κ3) is 3.02. The zero-order valence-corrected chi connectivity index (χ0v) is 11.1. The molecule has 104 valence electrons. The van der Waals surface area contributed by atoms with Gasteiger partial charge in [-0.15, -0.1) is 0 Å². The van der Waals surface area contributed by atoms with Crippen LogP contribution in [0.15, 0.2) is 18.2 Å². The molecule has 1 aromatic rings. The molecule has 0 aromatic heterocycles. The average Bonchev–Trinajstić information content (AvgIpc) is 2.46. The second kappa shape index (κ2) is 5.99. The first kappa shape index (κ1) is 13.8. The van der Waals surface area contributed by atoms with Gasteiger partial charge in [0, 0.05) is 32.2 Å². The molecule has 1 aromatic carbocycles. The Kier molecular flexibility index (Phi) is 4.34. The lowest BCUT2D eigenvalue weighted by atomic mass is 10.1. The molecule has 1 fully saturated rings. The minimum absolute atomic E-state index is 0.0801. The van der Waals surface area contributed by atoms with E-state index in [1.165, 1.54) is 6.07 Å². The van der Waals surface area contributed by atoms with Gasteiger partial charge < -0.3 is 14.9 Å². The third-order valence-electron chi connectivity index (χ3n) is 3.58. The zero-order chi connectivity index (χ0) is 13.8. The van der Waals surface area contributed by atoms with Crippen molar-refractivity contribution in [2.45, 2.75) is 13.5 Å². The van der Waals surface area contributed by atoms with Crippen molar-refractivity contribution in [1.82, 2.24) is 4.90 Å². The van der Waals surface area contributed by atoms with Gasteiger partial charge in [0.15, 0.2) is 0 Å². The number of nitro benzene ring substituents is 1. The predicted octanol–water partition coefficient (Wildman–Crippen LogP) is 1.23. The Bertz CT molecular complexity index is 456. The SMILES string of the molecule is CCN1CCN(c2ccc(CO)cc2[N+](=O)[O-])CC1. The summed E-state index contributed by atoms with van der Waals surface area (Å²) < 4.78 is 0. The van der Waals surface area contributed by atoms with Gasteiger partial charge in [-0.05, 0) is 18.2 Å². The average molecular weight is 265 g/mol. The summed E-state index contributed by atoms with van der Waals surface area (Å²) in [4.78, 5) is 15.1. The van der Waals surface area contributed by atoms with Crippen LogP contribution in [0.4, 0.5) is 11.4 Å². The van der Waals surface area contributed by atoms with Gasteiger partial charge in [-0.2, -0.15) is 0 Å². The molecule has 0 bridgehead atoms. The molecule has 19 heavy (non-hydrogen) atoms. The van der Waals surface area contributed by atoms with Crippen LogP contribution in [0.5, 0.6) is 0 Å². The van der Waals surface area contributed by atoms with Crippen LogP contribution in [-0.2, 0) is 6.61 Å². The molecule has 1 aliphatic heterocycles. The zero-order valence-electron chi connectivity index (χ0n) is 11.1. The number of hydrogen-bond donors (Lipinski definition) is 1. The van der Waals surface area contributed by atoms with Crippen LogP contribution in [0.1, 0.15) is 12.5 Å². The van der Waals surface area contributed by atoms with Crippen molar-refractivity contribution in [2.24, 2.45) is 0 Å². The maximum absolute atomic E-state index is 11.1. The summed E-state index contributed by atoms with van der Waals surface area (Å²) in [5, 5.41) is 20.2. The van der Waals surface area contributed by atoms with Gasteiger partial charge in [-0.25, -0.2) is 0 Å². The van der Waals surface area contributed by atoms with Crippen LogP contribution in [0.3, 0.4) is 0 Å². The fourth-order valence-electron chi connectivity index (χ4n) is 2.39. The highest BCUT2D eigenvalue weighted by molar-refractivity contribution is 5.64. The number of anilines is 1. The Morgan fingerprint density at radius 3 is 2.53 bits per heavy atom. The van der Waals surface area contributed by atoms with Crippen LogP contribution in [-0.4, -0.2) is 47.7 Å². The summed E-state index contributed by atoms with van der Waals surface area (Å²) in [6.45, 7) is 6.41. The van der Waals surface area contributed by atoms with Gasteiger partial charge in [-0.1, -0.05) is 13.0 Å². The molecular weight excluding hydrogens is 246 g/mol. The molecule has 1 aliphatic rings. The first-order chi connectivity index (χ1) is 9.15. The quantitative estimate of drug-likeness (QED) is 0.655. The van der Waals surface area contributed by atoms with Crippen molar-refractivity contribution in [1.29, 1.82) is 0 Å². The van der Waals surface area contributed by atoms with Crippen LogP contribution in [0, 0.1) is 10.1 Å². The minimum Gasteiger partial charge on any atom is -0.392 e. The van der Waals surface area contributed by atoms with Crippen LogP contribution in [0.2, 0.25) is 0 Å². The summed E-state index contributed by atoms with van der Waals surface area (Å²) in [6, 6.07) is 4.95. The number of nitro groups is 1. The van der Waals surface area contributed by atoms with Crippen LogP contribution in [0.25, 0.3) is 0 Å². The number of likely N-dealkylation sites (N-methyl/N-ethyl adjacent to an activating group) is 1. The van der Waals surface area contributed by atoms with Gasteiger partial charge in [0.25, 0.3) is 5.69 Å². The van der Waals surface area contributed by atoms with Gasteiger partial charge in [-0.3, -0.25) is 10.1 Å². The van der Waals surface area contributed by atoms with Crippen molar-refractivity contribution in [3.63, 3.8) is 0 Å². The third-order valence-corrected chi connectivity index (χ3v) is 3.58. The molecule has 0 amide bonds. The Balaban J connectivity index is 2.22. The molecule has 1 saturated heterocycles.